The Labute approximate surface area is 92.3 Å². The summed E-state index contributed by atoms with van der Waals surface area (Å²) in [4.78, 5) is 11.4. The first-order valence-corrected chi connectivity index (χ1v) is 5.05. The second-order valence-electron chi connectivity index (χ2n) is 4.27. The topological polar surface area (TPSA) is 79.9 Å². The van der Waals surface area contributed by atoms with Gasteiger partial charge in [-0.05, 0) is 20.8 Å². The van der Waals surface area contributed by atoms with E-state index in [1.54, 1.807) is 6.92 Å². The van der Waals surface area contributed by atoms with Crippen LogP contribution in [0.15, 0.2) is 9.21 Å². The van der Waals surface area contributed by atoms with Gasteiger partial charge in [0.25, 0.3) is 0 Å². The third-order valence-corrected chi connectivity index (χ3v) is 3.15. The minimum atomic E-state index is -1.40. The monoisotopic (exact) mass is 226 g/mol. The van der Waals surface area contributed by atoms with Crippen molar-refractivity contribution < 1.29 is 19.4 Å². The molecule has 0 saturated carbocycles. The van der Waals surface area contributed by atoms with Crippen molar-refractivity contribution in [1.29, 1.82) is 0 Å². The Balaban J connectivity index is 2.74. The van der Waals surface area contributed by atoms with Gasteiger partial charge in [0.15, 0.2) is 5.76 Å². The average molecular weight is 226 g/mol. The van der Waals surface area contributed by atoms with Crippen LogP contribution in [0.2, 0.25) is 0 Å². The van der Waals surface area contributed by atoms with E-state index in [0.29, 0.717) is 5.56 Å². The molecule has 1 aromatic heterocycles. The predicted molar refractivity (Wildman–Crippen MR) is 55.2 cm³/mol. The number of aliphatic hydroxyl groups is 1. The summed E-state index contributed by atoms with van der Waals surface area (Å²) in [5, 5.41) is 20.0. The van der Waals surface area contributed by atoms with Crippen molar-refractivity contribution in [1.82, 2.24) is 0 Å². The van der Waals surface area contributed by atoms with Crippen LogP contribution in [0.3, 0.4) is 0 Å². The molecule has 0 aliphatic carbocycles. The fraction of sp³-hybridized carbons (Fsp3) is 0.545. The molecule has 0 spiro atoms. The second kappa shape index (κ2) is 3.33. The summed E-state index contributed by atoms with van der Waals surface area (Å²) in [5.74, 6) is -0.0576. The highest BCUT2D eigenvalue weighted by Crippen LogP contribution is 2.38. The summed E-state index contributed by atoms with van der Waals surface area (Å²) >= 11 is 0. The number of rotatable bonds is 0. The lowest BCUT2D eigenvalue weighted by Crippen LogP contribution is -2.41. The second-order valence-corrected chi connectivity index (χ2v) is 4.27. The molecule has 2 atom stereocenters. The molecule has 0 fully saturated rings. The van der Waals surface area contributed by atoms with Gasteiger partial charge < -0.3 is 19.4 Å². The van der Waals surface area contributed by atoms with Gasteiger partial charge in [0.2, 0.25) is 0 Å². The first kappa shape index (κ1) is 11.2. The molecule has 2 N–H and O–H groups in total. The summed E-state index contributed by atoms with van der Waals surface area (Å²) in [5.41, 5.74) is -1.56. The van der Waals surface area contributed by atoms with Gasteiger partial charge in [0, 0.05) is 0 Å². The van der Waals surface area contributed by atoms with Crippen LogP contribution in [0.1, 0.15) is 30.7 Å². The molecule has 5 nitrogen and oxygen atoms in total. The minimum Gasteiger partial charge on any atom is -0.507 e. The van der Waals surface area contributed by atoms with Gasteiger partial charge in [-0.3, -0.25) is 0 Å². The number of hydrogen-bond donors (Lipinski definition) is 2. The highest BCUT2D eigenvalue weighted by molar-refractivity contribution is 5.41. The third-order valence-electron chi connectivity index (χ3n) is 3.15. The molecular weight excluding hydrogens is 212 g/mol. The lowest BCUT2D eigenvalue weighted by Gasteiger charge is -2.35. The lowest BCUT2D eigenvalue weighted by atomic mass is 9.90. The predicted octanol–water partition coefficient (Wildman–Crippen LogP) is 0.780. The Morgan fingerprint density at radius 1 is 1.50 bits per heavy atom. The Bertz CT molecular complexity index is 486. The van der Waals surface area contributed by atoms with Crippen LogP contribution in [0.4, 0.5) is 0 Å². The van der Waals surface area contributed by atoms with E-state index in [-0.39, 0.29) is 23.7 Å². The zero-order valence-electron chi connectivity index (χ0n) is 9.40. The van der Waals surface area contributed by atoms with E-state index in [1.165, 1.54) is 13.8 Å². The van der Waals surface area contributed by atoms with Crippen LogP contribution >= 0.6 is 0 Å². The third kappa shape index (κ3) is 1.36. The van der Waals surface area contributed by atoms with E-state index in [2.05, 4.69) is 0 Å². The molecule has 1 aliphatic heterocycles. The molecule has 0 saturated heterocycles. The fourth-order valence-electron chi connectivity index (χ4n) is 1.76. The van der Waals surface area contributed by atoms with Gasteiger partial charge in [-0.2, -0.15) is 0 Å². The van der Waals surface area contributed by atoms with E-state index >= 15 is 0 Å². The summed E-state index contributed by atoms with van der Waals surface area (Å²) in [6.45, 7) is 4.77. The molecule has 0 bridgehead atoms. The van der Waals surface area contributed by atoms with Gasteiger partial charge >= 0.3 is 5.63 Å². The molecule has 5 heteroatoms. The van der Waals surface area contributed by atoms with Crippen molar-refractivity contribution in [3.05, 3.63) is 27.3 Å². The summed E-state index contributed by atoms with van der Waals surface area (Å²) in [6.07, 6.45) is -0.495. The molecule has 0 amide bonds. The van der Waals surface area contributed by atoms with E-state index in [9.17, 15) is 15.0 Å². The van der Waals surface area contributed by atoms with Crippen LogP contribution in [0.25, 0.3) is 0 Å². The molecule has 0 aromatic carbocycles. The van der Waals surface area contributed by atoms with Crippen molar-refractivity contribution in [2.24, 2.45) is 0 Å². The molecule has 1 aliphatic rings. The SMILES string of the molecule is Cc1c(O)c2c(oc1=O)[C@@](C)(O)[C@@H](C)OC2. The van der Waals surface area contributed by atoms with Gasteiger partial charge in [-0.25, -0.2) is 4.79 Å². The Hall–Kier alpha value is -1.33. The van der Waals surface area contributed by atoms with Crippen molar-refractivity contribution in [2.45, 2.75) is 39.1 Å². The largest absolute Gasteiger partial charge is 0.507 e. The molecule has 2 heterocycles. The summed E-state index contributed by atoms with van der Waals surface area (Å²) in [7, 11) is 0. The standard InChI is InChI=1S/C11H14O5/c1-5-8(12)7-4-15-6(2)11(3,14)9(7)16-10(5)13/h6,12,14H,4H2,1-3H3/t6-,11+/m1/s1. The maximum absolute atomic E-state index is 11.4. The van der Waals surface area contributed by atoms with Crippen molar-refractivity contribution in [2.75, 3.05) is 0 Å². The van der Waals surface area contributed by atoms with Crippen molar-refractivity contribution in [3.8, 4) is 5.75 Å². The summed E-state index contributed by atoms with van der Waals surface area (Å²) in [6, 6.07) is 0. The van der Waals surface area contributed by atoms with E-state index in [0.717, 1.165) is 0 Å². The molecule has 0 radical (unpaired) electrons. The first-order chi connectivity index (χ1) is 7.35. The van der Waals surface area contributed by atoms with E-state index in [1.807, 2.05) is 0 Å². The zero-order chi connectivity index (χ0) is 12.1. The molecule has 88 valence electrons. The maximum Gasteiger partial charge on any atom is 0.342 e. The molecule has 2 rings (SSSR count). The van der Waals surface area contributed by atoms with Crippen molar-refractivity contribution >= 4 is 0 Å². The molecule has 1 aromatic rings. The number of fused-ring (bicyclic) bond motifs is 1. The van der Waals surface area contributed by atoms with Crippen molar-refractivity contribution in [3.63, 3.8) is 0 Å². The first-order valence-electron chi connectivity index (χ1n) is 5.05. The highest BCUT2D eigenvalue weighted by Gasteiger charge is 2.41. The van der Waals surface area contributed by atoms with Gasteiger partial charge in [0.1, 0.15) is 11.4 Å². The van der Waals surface area contributed by atoms with Crippen LogP contribution in [0.5, 0.6) is 5.75 Å². The quantitative estimate of drug-likeness (QED) is 0.683. The number of hydrogen-bond acceptors (Lipinski definition) is 5. The summed E-state index contributed by atoms with van der Waals surface area (Å²) < 4.78 is 10.4. The Morgan fingerprint density at radius 2 is 2.12 bits per heavy atom. The maximum atomic E-state index is 11.4. The van der Waals surface area contributed by atoms with Crippen LogP contribution in [0, 0.1) is 6.92 Å². The van der Waals surface area contributed by atoms with E-state index < -0.39 is 17.3 Å². The minimum absolute atomic E-state index is 0.0966. The molecule has 16 heavy (non-hydrogen) atoms. The van der Waals surface area contributed by atoms with Gasteiger partial charge in [-0.15, -0.1) is 0 Å². The zero-order valence-corrected chi connectivity index (χ0v) is 9.40. The Morgan fingerprint density at radius 3 is 2.75 bits per heavy atom. The smallest absolute Gasteiger partial charge is 0.342 e. The Kier molecular flexibility index (Phi) is 2.32. The molecule has 0 unspecified atom stereocenters. The van der Waals surface area contributed by atoms with Crippen LogP contribution in [-0.4, -0.2) is 16.3 Å². The van der Waals surface area contributed by atoms with Gasteiger partial charge in [0.05, 0.1) is 23.8 Å². The van der Waals surface area contributed by atoms with E-state index in [4.69, 9.17) is 9.15 Å². The molecular formula is C11H14O5. The normalized spacial score (nSPS) is 28.9. The number of aromatic hydroxyl groups is 1. The average Bonchev–Trinajstić information content (AvgIpc) is 2.22. The van der Waals surface area contributed by atoms with Gasteiger partial charge in [-0.1, -0.05) is 0 Å². The fourth-order valence-corrected chi connectivity index (χ4v) is 1.76. The highest BCUT2D eigenvalue weighted by atomic mass is 16.5. The lowest BCUT2D eigenvalue weighted by molar-refractivity contribution is -0.131. The van der Waals surface area contributed by atoms with Crippen LogP contribution in [-0.2, 0) is 16.9 Å². The van der Waals surface area contributed by atoms with Crippen LogP contribution < -0.4 is 5.63 Å². The number of ether oxygens (including phenoxy) is 1.